The topological polar surface area (TPSA) is 122 Å². The fourth-order valence-corrected chi connectivity index (χ4v) is 1.97. The number of unbranched alkanes of at least 4 members (excludes halogenated alkanes) is 1. The maximum absolute atomic E-state index is 11.7. The van der Waals surface area contributed by atoms with Gasteiger partial charge in [0.05, 0.1) is 6.61 Å². The predicted octanol–water partition coefficient (Wildman–Crippen LogP) is 1.52. The molecular weight excluding hydrogens is 292 g/mol. The van der Waals surface area contributed by atoms with Crippen LogP contribution >= 0.6 is 0 Å². The number of rotatable bonds is 9. The Morgan fingerprint density at radius 1 is 1.36 bits per heavy atom. The molecule has 0 aromatic heterocycles. The first-order valence-electron chi connectivity index (χ1n) is 6.96. The number of aromatic hydroxyl groups is 2. The third-order valence-electron chi connectivity index (χ3n) is 2.98. The molecule has 0 saturated heterocycles. The molecule has 1 atom stereocenters. The van der Waals surface area contributed by atoms with Gasteiger partial charge in [0, 0.05) is 12.5 Å². The van der Waals surface area contributed by atoms with Crippen molar-refractivity contribution in [3.05, 3.63) is 33.9 Å². The Kier molecular flexibility index (Phi) is 6.94. The van der Waals surface area contributed by atoms with E-state index < -0.39 is 5.09 Å². The summed E-state index contributed by atoms with van der Waals surface area (Å²) >= 11 is 0. The number of benzene rings is 1. The summed E-state index contributed by atoms with van der Waals surface area (Å²) in [4.78, 5) is 25.8. The lowest BCUT2D eigenvalue weighted by Gasteiger charge is -2.14. The highest BCUT2D eigenvalue weighted by molar-refractivity contribution is 5.76. The van der Waals surface area contributed by atoms with E-state index in [4.69, 9.17) is 0 Å². The van der Waals surface area contributed by atoms with Gasteiger partial charge in [-0.15, -0.1) is 10.1 Å². The van der Waals surface area contributed by atoms with Crippen molar-refractivity contribution in [3.63, 3.8) is 0 Å². The van der Waals surface area contributed by atoms with Crippen molar-refractivity contribution in [1.82, 2.24) is 5.32 Å². The number of hydrogen-bond donors (Lipinski definition) is 3. The fourth-order valence-electron chi connectivity index (χ4n) is 1.97. The van der Waals surface area contributed by atoms with Gasteiger partial charge in [-0.2, -0.15) is 0 Å². The monoisotopic (exact) mass is 312 g/mol. The van der Waals surface area contributed by atoms with Gasteiger partial charge in [0.1, 0.15) is 0 Å². The Balaban J connectivity index is 2.26. The molecule has 0 aliphatic heterocycles. The highest BCUT2D eigenvalue weighted by atomic mass is 16.9. The van der Waals surface area contributed by atoms with Crippen LogP contribution in [0.25, 0.3) is 0 Å². The van der Waals surface area contributed by atoms with Crippen LogP contribution in [-0.2, 0) is 16.1 Å². The normalized spacial score (nSPS) is 11.7. The predicted molar refractivity (Wildman–Crippen MR) is 77.9 cm³/mol. The molecule has 0 aliphatic rings. The van der Waals surface area contributed by atoms with Gasteiger partial charge in [0.2, 0.25) is 5.91 Å². The highest BCUT2D eigenvalue weighted by Gasteiger charge is 2.09. The van der Waals surface area contributed by atoms with Crippen LogP contribution < -0.4 is 5.32 Å². The lowest BCUT2D eigenvalue weighted by molar-refractivity contribution is -0.757. The highest BCUT2D eigenvalue weighted by Crippen LogP contribution is 2.25. The van der Waals surface area contributed by atoms with E-state index in [1.807, 2.05) is 6.92 Å². The summed E-state index contributed by atoms with van der Waals surface area (Å²) in [5, 5.41) is 30.5. The lowest BCUT2D eigenvalue weighted by atomic mass is 10.1. The molecule has 0 spiro atoms. The zero-order valence-electron chi connectivity index (χ0n) is 12.3. The Labute approximate surface area is 127 Å². The standard InChI is InChI=1S/C14H20N2O6/c1-10(8-11-5-6-12(17)13(18)9-11)15-14(19)4-2-3-7-22-16(20)21/h5-6,9-10,17-18H,2-4,7-8H2,1H3,(H,15,19). The molecule has 8 heteroatoms. The smallest absolute Gasteiger partial charge is 0.294 e. The van der Waals surface area contributed by atoms with E-state index in [2.05, 4.69) is 10.2 Å². The van der Waals surface area contributed by atoms with Gasteiger partial charge < -0.3 is 20.4 Å². The second-order valence-electron chi connectivity index (χ2n) is 5.01. The van der Waals surface area contributed by atoms with Gasteiger partial charge >= 0.3 is 0 Å². The molecule has 0 aliphatic carbocycles. The first-order chi connectivity index (χ1) is 10.4. The van der Waals surface area contributed by atoms with Crippen molar-refractivity contribution >= 4 is 5.91 Å². The number of carbonyl (C=O) groups is 1. The summed E-state index contributed by atoms with van der Waals surface area (Å²) in [6, 6.07) is 4.39. The SMILES string of the molecule is CC(Cc1ccc(O)c(O)c1)NC(=O)CCCCO[N+](=O)[O-]. The number of carbonyl (C=O) groups excluding carboxylic acids is 1. The zero-order valence-corrected chi connectivity index (χ0v) is 12.3. The second-order valence-corrected chi connectivity index (χ2v) is 5.01. The number of phenols is 2. The Hall–Kier alpha value is -2.51. The van der Waals surface area contributed by atoms with E-state index in [1.165, 1.54) is 12.1 Å². The van der Waals surface area contributed by atoms with Gasteiger partial charge in [-0.3, -0.25) is 4.79 Å². The maximum atomic E-state index is 11.7. The molecule has 3 N–H and O–H groups in total. The summed E-state index contributed by atoms with van der Waals surface area (Å²) in [5.74, 6) is -0.518. The largest absolute Gasteiger partial charge is 0.504 e. The van der Waals surface area contributed by atoms with Gasteiger partial charge in [0.15, 0.2) is 11.5 Å². The van der Waals surface area contributed by atoms with Crippen molar-refractivity contribution in [2.45, 2.75) is 38.6 Å². The second kappa shape index (κ2) is 8.71. The van der Waals surface area contributed by atoms with E-state index in [1.54, 1.807) is 6.07 Å². The summed E-state index contributed by atoms with van der Waals surface area (Å²) in [7, 11) is 0. The van der Waals surface area contributed by atoms with E-state index in [0.717, 1.165) is 5.56 Å². The van der Waals surface area contributed by atoms with E-state index in [9.17, 15) is 25.1 Å². The van der Waals surface area contributed by atoms with Crippen molar-refractivity contribution in [2.75, 3.05) is 6.61 Å². The minimum absolute atomic E-state index is 0.0113. The Bertz CT molecular complexity index is 520. The minimum atomic E-state index is -0.852. The van der Waals surface area contributed by atoms with Crippen molar-refractivity contribution in [1.29, 1.82) is 0 Å². The summed E-state index contributed by atoms with van der Waals surface area (Å²) in [5.41, 5.74) is 0.794. The molecule has 1 aromatic carbocycles. The summed E-state index contributed by atoms with van der Waals surface area (Å²) in [6.07, 6.45) is 1.73. The van der Waals surface area contributed by atoms with Gasteiger partial charge in [0.25, 0.3) is 5.09 Å². The van der Waals surface area contributed by atoms with E-state index >= 15 is 0 Å². The fraction of sp³-hybridized carbons (Fsp3) is 0.500. The van der Waals surface area contributed by atoms with Crippen LogP contribution in [0, 0.1) is 10.1 Å². The molecule has 1 aromatic rings. The number of nitrogens with one attached hydrogen (secondary N) is 1. The van der Waals surface area contributed by atoms with Crippen molar-refractivity contribution < 1.29 is 24.9 Å². The number of nitrogens with zero attached hydrogens (tertiary/aromatic N) is 1. The molecule has 1 amide bonds. The van der Waals surface area contributed by atoms with Gasteiger partial charge in [-0.1, -0.05) is 6.07 Å². The third kappa shape index (κ3) is 6.78. The minimum Gasteiger partial charge on any atom is -0.504 e. The summed E-state index contributed by atoms with van der Waals surface area (Å²) in [6.45, 7) is 1.82. The first kappa shape index (κ1) is 17.5. The van der Waals surface area contributed by atoms with E-state index in [0.29, 0.717) is 19.3 Å². The molecule has 0 radical (unpaired) electrons. The number of phenolic OH excluding ortho intramolecular Hbond substituents is 2. The lowest BCUT2D eigenvalue weighted by Crippen LogP contribution is -2.33. The van der Waals surface area contributed by atoms with Gasteiger partial charge in [-0.05, 0) is 43.9 Å². The first-order valence-corrected chi connectivity index (χ1v) is 6.96. The molecule has 0 bridgehead atoms. The molecule has 22 heavy (non-hydrogen) atoms. The average molecular weight is 312 g/mol. The van der Waals surface area contributed by atoms with Crippen LogP contribution in [0.1, 0.15) is 31.7 Å². The summed E-state index contributed by atoms with van der Waals surface area (Å²) < 4.78 is 0. The Morgan fingerprint density at radius 3 is 2.73 bits per heavy atom. The van der Waals surface area contributed by atoms with Crippen LogP contribution in [-0.4, -0.2) is 33.9 Å². The van der Waals surface area contributed by atoms with E-state index in [-0.39, 0.29) is 36.5 Å². The molecule has 122 valence electrons. The molecule has 0 fully saturated rings. The molecular formula is C14H20N2O6. The maximum Gasteiger partial charge on any atom is 0.294 e. The van der Waals surface area contributed by atoms with Crippen LogP contribution in [0.4, 0.5) is 0 Å². The van der Waals surface area contributed by atoms with Crippen LogP contribution in [0.15, 0.2) is 18.2 Å². The Morgan fingerprint density at radius 2 is 2.09 bits per heavy atom. The number of hydrogen-bond acceptors (Lipinski definition) is 6. The van der Waals surface area contributed by atoms with Crippen LogP contribution in [0.2, 0.25) is 0 Å². The molecule has 1 unspecified atom stereocenters. The molecule has 0 heterocycles. The average Bonchev–Trinajstić information content (AvgIpc) is 2.42. The molecule has 0 saturated carbocycles. The van der Waals surface area contributed by atoms with Crippen LogP contribution in [0.3, 0.4) is 0 Å². The zero-order chi connectivity index (χ0) is 16.5. The number of amides is 1. The molecule has 8 nitrogen and oxygen atoms in total. The third-order valence-corrected chi connectivity index (χ3v) is 2.98. The van der Waals surface area contributed by atoms with Crippen molar-refractivity contribution in [2.24, 2.45) is 0 Å². The molecule has 1 rings (SSSR count). The van der Waals surface area contributed by atoms with Gasteiger partial charge in [-0.25, -0.2) is 0 Å². The van der Waals surface area contributed by atoms with Crippen LogP contribution in [0.5, 0.6) is 11.5 Å². The van der Waals surface area contributed by atoms with Crippen molar-refractivity contribution in [3.8, 4) is 11.5 Å². The quantitative estimate of drug-likeness (QED) is 0.275.